The molecule has 2 aromatic rings. The molecule has 0 N–H and O–H groups in total. The third-order valence-corrected chi connectivity index (χ3v) is 4.72. The number of quaternary nitrogens is 1. The molecule has 1 heterocycles. The van der Waals surface area contributed by atoms with Gasteiger partial charge < -0.3 is 4.74 Å². The number of hydrogen-bond donors (Lipinski definition) is 0. The first-order chi connectivity index (χ1) is 10.9. The zero-order valence-corrected chi connectivity index (χ0v) is 14.8. The van der Waals surface area contributed by atoms with Crippen LogP contribution >= 0.6 is 23.2 Å². The van der Waals surface area contributed by atoms with Crippen molar-refractivity contribution >= 4 is 33.9 Å². The van der Waals surface area contributed by atoms with Crippen molar-refractivity contribution in [2.45, 2.75) is 13.5 Å². The van der Waals surface area contributed by atoms with Gasteiger partial charge in [0.15, 0.2) is 5.69 Å². The van der Waals surface area contributed by atoms with E-state index >= 15 is 0 Å². The average molecular weight is 348 g/mol. The Kier molecular flexibility index (Phi) is 4.41. The minimum atomic E-state index is 0.347. The molecule has 0 spiro atoms. The van der Waals surface area contributed by atoms with Gasteiger partial charge in [0.2, 0.25) is 0 Å². The maximum atomic E-state index is 6.52. The lowest BCUT2D eigenvalue weighted by Gasteiger charge is -2.28. The van der Waals surface area contributed by atoms with Gasteiger partial charge in [-0.15, -0.1) is 0 Å². The summed E-state index contributed by atoms with van der Waals surface area (Å²) in [6.07, 6.45) is 2.02. The number of rotatable bonds is 4. The highest BCUT2D eigenvalue weighted by molar-refractivity contribution is 6.51. The summed E-state index contributed by atoms with van der Waals surface area (Å²) < 4.78 is 6.15. The number of fused-ring (bicyclic) bond motifs is 1. The minimum Gasteiger partial charge on any atom is -0.493 e. The molecule has 119 valence electrons. The van der Waals surface area contributed by atoms with Gasteiger partial charge in [-0.25, -0.2) is 0 Å². The molecule has 0 amide bonds. The van der Waals surface area contributed by atoms with Gasteiger partial charge in [0.25, 0.3) is 0 Å². The molecular formula is C19H19Cl2NO+. The lowest BCUT2D eigenvalue weighted by molar-refractivity contribution is 0.359. The molecule has 2 aromatic carbocycles. The molecule has 1 atom stereocenters. The van der Waals surface area contributed by atoms with Crippen molar-refractivity contribution in [2.24, 2.45) is 0 Å². The van der Waals surface area contributed by atoms with Crippen molar-refractivity contribution in [2.75, 3.05) is 13.7 Å². The Bertz CT molecular complexity index is 768. The Morgan fingerprint density at radius 2 is 1.78 bits per heavy atom. The predicted octanol–water partition coefficient (Wildman–Crippen LogP) is 5.55. The summed E-state index contributed by atoms with van der Waals surface area (Å²) in [7, 11) is 2.11. The average Bonchev–Trinajstić information content (AvgIpc) is 2.77. The summed E-state index contributed by atoms with van der Waals surface area (Å²) in [6.45, 7) is 6.95. The summed E-state index contributed by atoms with van der Waals surface area (Å²) in [6, 6.07) is 12.2. The van der Waals surface area contributed by atoms with Crippen LogP contribution in [0.2, 0.25) is 5.02 Å². The third-order valence-electron chi connectivity index (χ3n) is 4.13. The highest BCUT2D eigenvalue weighted by Crippen LogP contribution is 2.50. The Balaban J connectivity index is 2.07. The van der Waals surface area contributed by atoms with Gasteiger partial charge in [-0.05, 0) is 26.0 Å². The Morgan fingerprint density at radius 3 is 2.43 bits per heavy atom. The highest BCUT2D eigenvalue weighted by Gasteiger charge is 2.39. The monoisotopic (exact) mass is 347 g/mol. The molecule has 0 aliphatic carbocycles. The van der Waals surface area contributed by atoms with E-state index in [1.807, 2.05) is 18.3 Å². The molecule has 1 radical (unpaired) electrons. The van der Waals surface area contributed by atoms with Crippen molar-refractivity contribution in [3.8, 4) is 5.75 Å². The van der Waals surface area contributed by atoms with Crippen LogP contribution in [0.5, 0.6) is 5.75 Å². The molecular weight excluding hydrogens is 329 g/mol. The number of halogens is 2. The third kappa shape index (κ3) is 2.99. The smallest absolute Gasteiger partial charge is 0.169 e. The number of ether oxygens (including phenoxy) is 1. The van der Waals surface area contributed by atoms with E-state index in [1.54, 1.807) is 0 Å². The Morgan fingerprint density at radius 1 is 1.09 bits per heavy atom. The van der Waals surface area contributed by atoms with Crippen LogP contribution in [-0.4, -0.2) is 13.7 Å². The molecule has 1 aliphatic heterocycles. The van der Waals surface area contributed by atoms with Gasteiger partial charge >= 0.3 is 0 Å². The van der Waals surface area contributed by atoms with Gasteiger partial charge in [-0.2, -0.15) is 0 Å². The maximum absolute atomic E-state index is 6.52. The lowest BCUT2D eigenvalue weighted by atomic mass is 10.1. The van der Waals surface area contributed by atoms with Crippen LogP contribution in [0.1, 0.15) is 16.7 Å². The fourth-order valence-corrected chi connectivity index (χ4v) is 3.83. The minimum absolute atomic E-state index is 0.347. The molecule has 4 heteroatoms. The summed E-state index contributed by atoms with van der Waals surface area (Å²) in [5.74, 6) is 0.728. The molecule has 23 heavy (non-hydrogen) atoms. The van der Waals surface area contributed by atoms with E-state index in [9.17, 15) is 0 Å². The van der Waals surface area contributed by atoms with Gasteiger partial charge in [0, 0.05) is 5.56 Å². The predicted molar refractivity (Wildman–Crippen MR) is 98.7 cm³/mol. The largest absolute Gasteiger partial charge is 0.493 e. The van der Waals surface area contributed by atoms with E-state index in [0.29, 0.717) is 21.1 Å². The topological polar surface area (TPSA) is 9.23 Å². The summed E-state index contributed by atoms with van der Waals surface area (Å²) in [5.41, 5.74) is 4.32. The molecule has 1 unspecified atom stereocenters. The van der Waals surface area contributed by atoms with E-state index in [2.05, 4.69) is 45.2 Å². The molecule has 0 saturated heterocycles. The van der Waals surface area contributed by atoms with Crippen molar-refractivity contribution < 1.29 is 4.74 Å². The maximum Gasteiger partial charge on any atom is 0.169 e. The second-order valence-corrected chi connectivity index (χ2v) is 6.82. The van der Waals surface area contributed by atoms with Crippen LogP contribution in [0.3, 0.4) is 0 Å². The first kappa shape index (κ1) is 16.4. The summed E-state index contributed by atoms with van der Waals surface area (Å²) in [5, 5.41) is 1.36. The molecule has 3 rings (SSSR count). The SMILES string of the molecule is [CH2]COc1ccc(Cl)c2c1C(Cl)=C[N+]2(C)Cc1ccc(C)cc1. The van der Waals surface area contributed by atoms with Crippen LogP contribution in [0.25, 0.3) is 5.03 Å². The molecule has 0 bridgehead atoms. The number of hydrogen-bond acceptors (Lipinski definition) is 1. The van der Waals surface area contributed by atoms with Gasteiger partial charge in [-0.3, -0.25) is 4.48 Å². The van der Waals surface area contributed by atoms with Gasteiger partial charge in [-0.1, -0.05) is 53.0 Å². The van der Waals surface area contributed by atoms with E-state index in [0.717, 1.165) is 23.5 Å². The van der Waals surface area contributed by atoms with Crippen LogP contribution in [0.4, 0.5) is 5.69 Å². The lowest BCUT2D eigenvalue weighted by Crippen LogP contribution is -2.37. The molecule has 0 fully saturated rings. The van der Waals surface area contributed by atoms with E-state index < -0.39 is 0 Å². The van der Waals surface area contributed by atoms with Crippen LogP contribution in [0.15, 0.2) is 42.6 Å². The van der Waals surface area contributed by atoms with Crippen molar-refractivity contribution in [3.63, 3.8) is 0 Å². The fraction of sp³-hybridized carbons (Fsp3) is 0.211. The van der Waals surface area contributed by atoms with E-state index in [4.69, 9.17) is 27.9 Å². The molecule has 2 nitrogen and oxygen atoms in total. The number of aryl methyl sites for hydroxylation is 1. The highest BCUT2D eigenvalue weighted by atomic mass is 35.5. The van der Waals surface area contributed by atoms with Crippen LogP contribution in [-0.2, 0) is 6.54 Å². The first-order valence-corrected chi connectivity index (χ1v) is 8.25. The zero-order chi connectivity index (χ0) is 16.6. The van der Waals surface area contributed by atoms with Crippen molar-refractivity contribution in [1.82, 2.24) is 4.48 Å². The zero-order valence-electron chi connectivity index (χ0n) is 13.3. The number of nitrogens with zero attached hydrogens (tertiary/aromatic N) is 1. The molecule has 0 saturated carbocycles. The first-order valence-electron chi connectivity index (χ1n) is 7.49. The number of benzene rings is 2. The summed E-state index contributed by atoms with van der Waals surface area (Å²) in [4.78, 5) is 0. The Labute approximate surface area is 147 Å². The van der Waals surface area contributed by atoms with E-state index in [1.165, 1.54) is 11.1 Å². The Hall–Kier alpha value is -1.48. The van der Waals surface area contributed by atoms with Crippen molar-refractivity contribution in [1.29, 1.82) is 0 Å². The quantitative estimate of drug-likeness (QED) is 0.658. The molecule has 1 aliphatic rings. The van der Waals surface area contributed by atoms with Crippen molar-refractivity contribution in [3.05, 3.63) is 71.2 Å². The van der Waals surface area contributed by atoms with Crippen LogP contribution < -0.4 is 9.22 Å². The standard InChI is InChI=1S/C19H19Cl2NO/c1-4-23-17-10-9-15(20)19-18(17)16(21)12-22(19,3)11-14-7-5-13(2)6-8-14/h5-10,12H,1,4,11H2,2-3H3/q+1. The second-order valence-electron chi connectivity index (χ2n) is 6.01. The fourth-order valence-electron chi connectivity index (χ4n) is 3.08. The van der Waals surface area contributed by atoms with Crippen LogP contribution in [0, 0.1) is 13.8 Å². The normalized spacial score (nSPS) is 19.4. The second kappa shape index (κ2) is 6.20. The van der Waals surface area contributed by atoms with Gasteiger partial charge in [0.1, 0.15) is 34.1 Å². The summed E-state index contributed by atoms with van der Waals surface area (Å²) >= 11 is 13.0. The van der Waals surface area contributed by atoms with Gasteiger partial charge in [0.05, 0.1) is 13.7 Å². The molecule has 0 aromatic heterocycles. The van der Waals surface area contributed by atoms with E-state index in [-0.39, 0.29) is 0 Å².